The van der Waals surface area contributed by atoms with Crippen molar-refractivity contribution in [3.63, 3.8) is 0 Å². The van der Waals surface area contributed by atoms with Crippen molar-refractivity contribution in [2.24, 2.45) is 5.73 Å². The SMILES string of the molecule is C[C@@H](NC(=O)Cn1cc(CN)nn1)c1cccnc1. The van der Waals surface area contributed by atoms with Gasteiger partial charge in [0.25, 0.3) is 0 Å². The van der Waals surface area contributed by atoms with Gasteiger partial charge >= 0.3 is 0 Å². The minimum absolute atomic E-state index is 0.0984. The van der Waals surface area contributed by atoms with Crippen LogP contribution in [0.5, 0.6) is 0 Å². The molecule has 7 heteroatoms. The van der Waals surface area contributed by atoms with Gasteiger partial charge in [-0.15, -0.1) is 5.10 Å². The Morgan fingerprint density at radius 3 is 3.05 bits per heavy atom. The fourth-order valence-electron chi connectivity index (χ4n) is 1.66. The molecule has 0 saturated carbocycles. The van der Waals surface area contributed by atoms with E-state index in [0.717, 1.165) is 5.56 Å². The molecule has 19 heavy (non-hydrogen) atoms. The normalized spacial score (nSPS) is 12.1. The molecular weight excluding hydrogens is 244 g/mol. The van der Waals surface area contributed by atoms with Crippen LogP contribution in [0.4, 0.5) is 0 Å². The Morgan fingerprint density at radius 1 is 1.58 bits per heavy atom. The van der Waals surface area contributed by atoms with E-state index < -0.39 is 0 Å². The van der Waals surface area contributed by atoms with E-state index in [1.807, 2.05) is 19.1 Å². The molecule has 0 aromatic carbocycles. The highest BCUT2D eigenvalue weighted by Crippen LogP contribution is 2.09. The number of rotatable bonds is 5. The van der Waals surface area contributed by atoms with Gasteiger partial charge in [-0.25, -0.2) is 4.68 Å². The van der Waals surface area contributed by atoms with E-state index in [1.165, 1.54) is 4.68 Å². The fourth-order valence-corrected chi connectivity index (χ4v) is 1.66. The lowest BCUT2D eigenvalue weighted by Crippen LogP contribution is -2.30. The summed E-state index contributed by atoms with van der Waals surface area (Å²) >= 11 is 0. The molecule has 0 radical (unpaired) electrons. The van der Waals surface area contributed by atoms with Gasteiger partial charge in [0.05, 0.1) is 17.9 Å². The molecule has 7 nitrogen and oxygen atoms in total. The van der Waals surface area contributed by atoms with E-state index in [-0.39, 0.29) is 18.5 Å². The summed E-state index contributed by atoms with van der Waals surface area (Å²) in [7, 11) is 0. The Labute approximate surface area is 110 Å². The second kappa shape index (κ2) is 6.05. The summed E-state index contributed by atoms with van der Waals surface area (Å²) in [6, 6.07) is 3.65. The van der Waals surface area contributed by atoms with Crippen molar-refractivity contribution in [1.29, 1.82) is 0 Å². The summed E-state index contributed by atoms with van der Waals surface area (Å²) in [5.41, 5.74) is 7.04. The fraction of sp³-hybridized carbons (Fsp3) is 0.333. The van der Waals surface area contributed by atoms with Crippen LogP contribution in [0.25, 0.3) is 0 Å². The maximum Gasteiger partial charge on any atom is 0.242 e. The van der Waals surface area contributed by atoms with Gasteiger partial charge in [0.15, 0.2) is 0 Å². The number of hydrogen-bond acceptors (Lipinski definition) is 5. The molecule has 0 saturated heterocycles. The number of nitrogens with zero attached hydrogens (tertiary/aromatic N) is 4. The van der Waals surface area contributed by atoms with Crippen molar-refractivity contribution < 1.29 is 4.79 Å². The largest absolute Gasteiger partial charge is 0.348 e. The maximum absolute atomic E-state index is 11.8. The van der Waals surface area contributed by atoms with Gasteiger partial charge in [-0.05, 0) is 18.6 Å². The van der Waals surface area contributed by atoms with E-state index in [9.17, 15) is 4.79 Å². The molecule has 100 valence electrons. The lowest BCUT2D eigenvalue weighted by molar-refractivity contribution is -0.122. The van der Waals surface area contributed by atoms with Crippen molar-refractivity contribution in [1.82, 2.24) is 25.3 Å². The van der Waals surface area contributed by atoms with Gasteiger partial charge in [-0.3, -0.25) is 9.78 Å². The number of nitrogens with two attached hydrogens (primary N) is 1. The zero-order valence-electron chi connectivity index (χ0n) is 10.7. The van der Waals surface area contributed by atoms with Crippen LogP contribution < -0.4 is 11.1 Å². The summed E-state index contributed by atoms with van der Waals surface area (Å²) < 4.78 is 1.47. The van der Waals surface area contributed by atoms with Gasteiger partial charge in [0.2, 0.25) is 5.91 Å². The van der Waals surface area contributed by atoms with Crippen LogP contribution in [0, 0.1) is 0 Å². The molecule has 0 aliphatic heterocycles. The van der Waals surface area contributed by atoms with Crippen molar-refractivity contribution in [3.05, 3.63) is 42.0 Å². The molecule has 0 spiro atoms. The Morgan fingerprint density at radius 2 is 2.42 bits per heavy atom. The molecule has 0 aliphatic carbocycles. The number of carbonyl (C=O) groups excluding carboxylic acids is 1. The maximum atomic E-state index is 11.8. The van der Waals surface area contributed by atoms with Gasteiger partial charge < -0.3 is 11.1 Å². The molecule has 2 aromatic rings. The quantitative estimate of drug-likeness (QED) is 0.789. The zero-order chi connectivity index (χ0) is 13.7. The van der Waals surface area contributed by atoms with Crippen LogP contribution in [0.3, 0.4) is 0 Å². The summed E-state index contributed by atoms with van der Waals surface area (Å²) in [6.45, 7) is 2.34. The molecule has 2 aromatic heterocycles. The summed E-state index contributed by atoms with van der Waals surface area (Å²) in [4.78, 5) is 15.9. The number of amides is 1. The lowest BCUT2D eigenvalue weighted by atomic mass is 10.1. The molecule has 1 atom stereocenters. The molecule has 2 rings (SSSR count). The average molecular weight is 260 g/mol. The molecule has 0 bridgehead atoms. The van der Waals surface area contributed by atoms with Crippen LogP contribution in [0.2, 0.25) is 0 Å². The molecule has 2 heterocycles. The van der Waals surface area contributed by atoms with E-state index in [2.05, 4.69) is 20.6 Å². The molecular formula is C12H16N6O. The van der Waals surface area contributed by atoms with Crippen LogP contribution in [-0.2, 0) is 17.9 Å². The van der Waals surface area contributed by atoms with E-state index in [0.29, 0.717) is 12.2 Å². The summed E-state index contributed by atoms with van der Waals surface area (Å²) in [6.07, 6.45) is 5.09. The minimum Gasteiger partial charge on any atom is -0.348 e. The highest BCUT2D eigenvalue weighted by molar-refractivity contribution is 5.76. The van der Waals surface area contributed by atoms with E-state index in [4.69, 9.17) is 5.73 Å². The third kappa shape index (κ3) is 3.59. The third-order valence-corrected chi connectivity index (χ3v) is 2.66. The second-order valence-corrected chi connectivity index (χ2v) is 4.19. The standard InChI is InChI=1S/C12H16N6O/c1-9(10-3-2-4-14-6-10)15-12(19)8-18-7-11(5-13)16-17-18/h2-4,6-7,9H,5,8,13H2,1H3,(H,15,19)/t9-/m1/s1. The van der Waals surface area contributed by atoms with Crippen LogP contribution in [-0.4, -0.2) is 25.9 Å². The number of aromatic nitrogens is 4. The predicted octanol–water partition coefficient (Wildman–Crippen LogP) is 0.00920. The Hall–Kier alpha value is -2.28. The van der Waals surface area contributed by atoms with Crippen molar-refractivity contribution in [3.8, 4) is 0 Å². The third-order valence-electron chi connectivity index (χ3n) is 2.66. The predicted molar refractivity (Wildman–Crippen MR) is 68.7 cm³/mol. The highest BCUT2D eigenvalue weighted by atomic mass is 16.2. The molecule has 0 unspecified atom stereocenters. The Bertz CT molecular complexity index is 538. The van der Waals surface area contributed by atoms with Crippen molar-refractivity contribution in [2.45, 2.75) is 26.1 Å². The van der Waals surface area contributed by atoms with Crippen LogP contribution >= 0.6 is 0 Å². The molecule has 3 N–H and O–H groups in total. The highest BCUT2D eigenvalue weighted by Gasteiger charge is 2.10. The topological polar surface area (TPSA) is 98.7 Å². The second-order valence-electron chi connectivity index (χ2n) is 4.19. The minimum atomic E-state index is -0.134. The number of pyridine rings is 1. The first-order valence-corrected chi connectivity index (χ1v) is 5.97. The first-order valence-electron chi connectivity index (χ1n) is 5.97. The number of nitrogens with one attached hydrogen (secondary N) is 1. The van der Waals surface area contributed by atoms with Crippen molar-refractivity contribution >= 4 is 5.91 Å². The molecule has 0 fully saturated rings. The monoisotopic (exact) mass is 260 g/mol. The number of hydrogen-bond donors (Lipinski definition) is 2. The van der Waals surface area contributed by atoms with Gasteiger partial charge in [-0.1, -0.05) is 11.3 Å². The molecule has 1 amide bonds. The van der Waals surface area contributed by atoms with Crippen LogP contribution in [0.1, 0.15) is 24.2 Å². The van der Waals surface area contributed by atoms with Crippen LogP contribution in [0.15, 0.2) is 30.7 Å². The smallest absolute Gasteiger partial charge is 0.242 e. The number of carbonyl (C=O) groups is 1. The Kier molecular flexibility index (Phi) is 4.19. The molecule has 0 aliphatic rings. The van der Waals surface area contributed by atoms with Gasteiger partial charge in [-0.2, -0.15) is 0 Å². The average Bonchev–Trinajstić information content (AvgIpc) is 2.87. The van der Waals surface area contributed by atoms with Gasteiger partial charge in [0.1, 0.15) is 6.54 Å². The van der Waals surface area contributed by atoms with E-state index in [1.54, 1.807) is 18.6 Å². The first kappa shape index (κ1) is 13.2. The Balaban J connectivity index is 1.91. The summed E-state index contributed by atoms with van der Waals surface area (Å²) in [5.74, 6) is -0.134. The van der Waals surface area contributed by atoms with Crippen molar-refractivity contribution in [2.75, 3.05) is 0 Å². The van der Waals surface area contributed by atoms with Gasteiger partial charge in [0, 0.05) is 18.9 Å². The van der Waals surface area contributed by atoms with E-state index >= 15 is 0 Å². The lowest BCUT2D eigenvalue weighted by Gasteiger charge is -2.13. The first-order chi connectivity index (χ1) is 9.19. The summed E-state index contributed by atoms with van der Waals surface area (Å²) in [5, 5.41) is 10.5. The zero-order valence-corrected chi connectivity index (χ0v) is 10.7.